The van der Waals surface area contributed by atoms with Crippen molar-refractivity contribution in [2.45, 2.75) is 6.92 Å². The van der Waals surface area contributed by atoms with Gasteiger partial charge in [0.25, 0.3) is 5.56 Å². The van der Waals surface area contributed by atoms with Gasteiger partial charge in [-0.15, -0.1) is 0 Å². The van der Waals surface area contributed by atoms with Crippen LogP contribution in [0.2, 0.25) is 5.02 Å². The molecule has 2 heterocycles. The van der Waals surface area contributed by atoms with Gasteiger partial charge in [0.05, 0.1) is 5.52 Å². The molecule has 5 nitrogen and oxygen atoms in total. The number of hydrogen-bond acceptors (Lipinski definition) is 4. The zero-order valence-corrected chi connectivity index (χ0v) is 11.8. The number of nitrogens with zero attached hydrogens (tertiary/aromatic N) is 1. The molecule has 0 aliphatic heterocycles. The first-order valence-corrected chi connectivity index (χ1v) is 6.58. The van der Waals surface area contributed by atoms with E-state index in [1.165, 1.54) is 6.20 Å². The fourth-order valence-corrected chi connectivity index (χ4v) is 2.16. The second-order valence-corrected chi connectivity index (χ2v) is 4.96. The predicted molar refractivity (Wildman–Crippen MR) is 80.3 cm³/mol. The van der Waals surface area contributed by atoms with E-state index in [1.54, 1.807) is 30.3 Å². The number of ether oxygens (including phenoxy) is 1. The van der Waals surface area contributed by atoms with Crippen LogP contribution in [0, 0.1) is 6.92 Å². The monoisotopic (exact) mass is 302 g/mol. The minimum atomic E-state index is -0.550. The Hall–Kier alpha value is -2.53. The van der Waals surface area contributed by atoms with Gasteiger partial charge in [-0.25, -0.2) is 4.98 Å². The number of rotatable bonds is 2. The normalized spacial score (nSPS) is 10.8. The molecule has 0 bridgehead atoms. The molecular formula is C15H11ClN2O3. The fourth-order valence-electron chi connectivity index (χ4n) is 2.00. The van der Waals surface area contributed by atoms with Gasteiger partial charge in [-0.1, -0.05) is 17.7 Å². The SMILES string of the molecule is Cc1cc2c(O)c(Oc3ccccn3)c(=O)[nH]c2cc1Cl. The Bertz CT molecular complexity index is 875. The van der Waals surface area contributed by atoms with Gasteiger partial charge in [0.2, 0.25) is 11.6 Å². The quantitative estimate of drug-likeness (QED) is 0.761. The Morgan fingerprint density at radius 1 is 1.33 bits per heavy atom. The van der Waals surface area contributed by atoms with Crippen LogP contribution in [0.4, 0.5) is 0 Å². The number of fused-ring (bicyclic) bond motifs is 1. The first kappa shape index (κ1) is 13.5. The Labute approximate surface area is 124 Å². The van der Waals surface area contributed by atoms with Crippen molar-refractivity contribution in [3.05, 3.63) is 57.5 Å². The Morgan fingerprint density at radius 2 is 2.14 bits per heavy atom. The number of aromatic amines is 1. The molecule has 0 amide bonds. The van der Waals surface area contributed by atoms with Crippen LogP contribution < -0.4 is 10.3 Å². The Morgan fingerprint density at radius 3 is 2.86 bits per heavy atom. The van der Waals surface area contributed by atoms with E-state index in [-0.39, 0.29) is 17.4 Å². The zero-order valence-electron chi connectivity index (χ0n) is 11.1. The number of aromatic hydroxyl groups is 1. The maximum Gasteiger partial charge on any atom is 0.295 e. The Balaban J connectivity index is 2.20. The number of aryl methyl sites for hydroxylation is 1. The van der Waals surface area contributed by atoms with Gasteiger partial charge >= 0.3 is 0 Å². The maximum atomic E-state index is 12.0. The van der Waals surface area contributed by atoms with Crippen LogP contribution in [0.25, 0.3) is 10.9 Å². The van der Waals surface area contributed by atoms with Gasteiger partial charge in [-0.3, -0.25) is 4.79 Å². The van der Waals surface area contributed by atoms with Crippen molar-refractivity contribution in [2.24, 2.45) is 0 Å². The van der Waals surface area contributed by atoms with Crippen LogP contribution in [-0.2, 0) is 0 Å². The van der Waals surface area contributed by atoms with Crippen molar-refractivity contribution in [3.63, 3.8) is 0 Å². The number of aromatic nitrogens is 2. The lowest BCUT2D eigenvalue weighted by molar-refractivity contribution is 0.401. The van der Waals surface area contributed by atoms with E-state index in [1.807, 2.05) is 6.92 Å². The number of pyridine rings is 2. The molecule has 106 valence electrons. The lowest BCUT2D eigenvalue weighted by Gasteiger charge is -2.09. The topological polar surface area (TPSA) is 75.2 Å². The summed E-state index contributed by atoms with van der Waals surface area (Å²) in [7, 11) is 0. The summed E-state index contributed by atoms with van der Waals surface area (Å²) in [5.74, 6) is -0.203. The summed E-state index contributed by atoms with van der Waals surface area (Å²) >= 11 is 6.02. The van der Waals surface area contributed by atoms with Gasteiger partial charge in [0, 0.05) is 22.7 Å². The van der Waals surface area contributed by atoms with Crippen LogP contribution in [0.15, 0.2) is 41.3 Å². The molecule has 6 heteroatoms. The highest BCUT2D eigenvalue weighted by Crippen LogP contribution is 2.34. The molecule has 0 spiro atoms. The number of H-pyrrole nitrogens is 1. The van der Waals surface area contributed by atoms with Gasteiger partial charge < -0.3 is 14.8 Å². The zero-order chi connectivity index (χ0) is 15.0. The van der Waals surface area contributed by atoms with Crippen molar-refractivity contribution in [1.82, 2.24) is 9.97 Å². The molecular weight excluding hydrogens is 292 g/mol. The molecule has 21 heavy (non-hydrogen) atoms. The molecule has 3 aromatic rings. The van der Waals surface area contributed by atoms with E-state index < -0.39 is 5.56 Å². The van der Waals surface area contributed by atoms with Gasteiger partial charge in [-0.05, 0) is 30.7 Å². The molecule has 3 rings (SSSR count). The number of benzene rings is 1. The summed E-state index contributed by atoms with van der Waals surface area (Å²) in [6.07, 6.45) is 1.53. The molecule has 0 aliphatic rings. The van der Waals surface area contributed by atoms with E-state index in [9.17, 15) is 9.90 Å². The predicted octanol–water partition coefficient (Wildman–Crippen LogP) is 3.38. The third kappa shape index (κ3) is 2.43. The van der Waals surface area contributed by atoms with Crippen LogP contribution in [0.1, 0.15) is 5.56 Å². The largest absolute Gasteiger partial charge is 0.504 e. The number of halogens is 1. The van der Waals surface area contributed by atoms with Crippen molar-refractivity contribution in [3.8, 4) is 17.4 Å². The summed E-state index contributed by atoms with van der Waals surface area (Å²) in [6, 6.07) is 8.32. The molecule has 0 fully saturated rings. The van der Waals surface area contributed by atoms with Crippen molar-refractivity contribution < 1.29 is 9.84 Å². The highest BCUT2D eigenvalue weighted by molar-refractivity contribution is 6.32. The summed E-state index contributed by atoms with van der Waals surface area (Å²) in [5, 5.41) is 11.3. The third-order valence-electron chi connectivity index (χ3n) is 3.07. The lowest BCUT2D eigenvalue weighted by Crippen LogP contribution is -2.09. The number of nitrogens with one attached hydrogen (secondary N) is 1. The van der Waals surface area contributed by atoms with E-state index >= 15 is 0 Å². The molecule has 0 atom stereocenters. The van der Waals surface area contributed by atoms with Crippen LogP contribution in [0.3, 0.4) is 0 Å². The summed E-state index contributed by atoms with van der Waals surface area (Å²) in [5.41, 5.74) is 0.683. The van der Waals surface area contributed by atoms with E-state index in [0.29, 0.717) is 15.9 Å². The van der Waals surface area contributed by atoms with Gasteiger partial charge in [0.1, 0.15) is 0 Å². The first-order chi connectivity index (χ1) is 10.1. The van der Waals surface area contributed by atoms with E-state index in [4.69, 9.17) is 16.3 Å². The maximum absolute atomic E-state index is 12.0. The fraction of sp³-hybridized carbons (Fsp3) is 0.0667. The van der Waals surface area contributed by atoms with Crippen LogP contribution in [-0.4, -0.2) is 15.1 Å². The Kier molecular flexibility index (Phi) is 3.27. The molecule has 2 aromatic heterocycles. The van der Waals surface area contributed by atoms with Crippen LogP contribution >= 0.6 is 11.6 Å². The molecule has 0 saturated carbocycles. The van der Waals surface area contributed by atoms with Crippen molar-refractivity contribution in [1.29, 1.82) is 0 Å². The molecule has 0 aliphatic carbocycles. The summed E-state index contributed by atoms with van der Waals surface area (Å²) in [4.78, 5) is 18.6. The summed E-state index contributed by atoms with van der Waals surface area (Å²) in [6.45, 7) is 1.81. The first-order valence-electron chi connectivity index (χ1n) is 6.20. The minimum absolute atomic E-state index is 0.192. The highest BCUT2D eigenvalue weighted by atomic mass is 35.5. The van der Waals surface area contributed by atoms with Gasteiger partial charge in [0.15, 0.2) is 5.75 Å². The summed E-state index contributed by atoms with van der Waals surface area (Å²) < 4.78 is 5.38. The minimum Gasteiger partial charge on any atom is -0.504 e. The van der Waals surface area contributed by atoms with Crippen molar-refractivity contribution >= 4 is 22.5 Å². The standard InChI is InChI=1S/C15H11ClN2O3/c1-8-6-9-11(7-10(8)16)18-15(20)14(13(9)19)21-12-4-2-3-5-17-12/h2-7H,1H3,(H2,18,19,20). The lowest BCUT2D eigenvalue weighted by atomic mass is 10.1. The molecule has 0 unspecified atom stereocenters. The average Bonchev–Trinajstić information content (AvgIpc) is 2.47. The second kappa shape index (κ2) is 5.10. The van der Waals surface area contributed by atoms with Crippen molar-refractivity contribution in [2.75, 3.05) is 0 Å². The van der Waals surface area contributed by atoms with Gasteiger partial charge in [-0.2, -0.15) is 0 Å². The van der Waals surface area contributed by atoms with Crippen LogP contribution in [0.5, 0.6) is 17.4 Å². The number of hydrogen-bond donors (Lipinski definition) is 2. The average molecular weight is 303 g/mol. The second-order valence-electron chi connectivity index (χ2n) is 4.55. The molecule has 0 saturated heterocycles. The van der Waals surface area contributed by atoms with E-state index in [0.717, 1.165) is 5.56 Å². The molecule has 0 radical (unpaired) electrons. The molecule has 2 N–H and O–H groups in total. The molecule has 1 aromatic carbocycles. The third-order valence-corrected chi connectivity index (χ3v) is 3.48. The smallest absolute Gasteiger partial charge is 0.295 e. The highest BCUT2D eigenvalue weighted by Gasteiger charge is 2.15. The van der Waals surface area contributed by atoms with E-state index in [2.05, 4.69) is 9.97 Å².